The minimum atomic E-state index is -0.232. The summed E-state index contributed by atoms with van der Waals surface area (Å²) in [6.07, 6.45) is 0. The molecule has 132 valence electrons. The van der Waals surface area contributed by atoms with E-state index in [1.165, 1.54) is 11.8 Å². The second-order valence-electron chi connectivity index (χ2n) is 6.81. The van der Waals surface area contributed by atoms with Gasteiger partial charge in [0.1, 0.15) is 11.3 Å². The summed E-state index contributed by atoms with van der Waals surface area (Å²) in [5, 5.41) is 16.3. The number of nitrogens with zero attached hydrogens (tertiary/aromatic N) is 4. The van der Waals surface area contributed by atoms with Crippen molar-refractivity contribution >= 4 is 28.6 Å². The molecule has 0 saturated heterocycles. The largest absolute Gasteiger partial charge is 0.459 e. The number of nitrogens with one attached hydrogen (secondary N) is 1. The number of carbonyl (C=O) groups excluding carboxylic acids is 1. The third-order valence-electron chi connectivity index (χ3n) is 3.66. The van der Waals surface area contributed by atoms with Crippen LogP contribution in [0.4, 0.5) is 0 Å². The number of rotatable bonds is 5. The molecule has 1 N–H and O–H groups in total. The zero-order valence-electron chi connectivity index (χ0n) is 14.7. The predicted octanol–water partition coefficient (Wildman–Crippen LogP) is 3.14. The monoisotopic (exact) mass is 359 g/mol. The van der Waals surface area contributed by atoms with Crippen LogP contribution in [-0.4, -0.2) is 31.9 Å². The van der Waals surface area contributed by atoms with Crippen LogP contribution in [0.3, 0.4) is 0 Å². The Labute approximate surface area is 150 Å². The molecule has 0 aliphatic rings. The number of benzene rings is 1. The molecule has 1 amide bonds. The first-order valence-corrected chi connectivity index (χ1v) is 9.02. The first-order chi connectivity index (χ1) is 11.8. The van der Waals surface area contributed by atoms with E-state index in [1.807, 2.05) is 58.0 Å². The summed E-state index contributed by atoms with van der Waals surface area (Å²) in [6, 6.07) is 9.52. The lowest BCUT2D eigenvalue weighted by Gasteiger charge is -2.19. The number of amides is 1. The molecule has 1 unspecified atom stereocenters. The molecule has 1 aromatic carbocycles. The van der Waals surface area contributed by atoms with E-state index in [4.69, 9.17) is 4.42 Å². The number of hydrogen-bond donors (Lipinski definition) is 1. The van der Waals surface area contributed by atoms with Crippen LogP contribution >= 0.6 is 11.8 Å². The molecule has 25 heavy (non-hydrogen) atoms. The van der Waals surface area contributed by atoms with Gasteiger partial charge in [-0.2, -0.15) is 0 Å². The lowest BCUT2D eigenvalue weighted by atomic mass is 10.1. The summed E-state index contributed by atoms with van der Waals surface area (Å²) in [7, 11) is 0. The fraction of sp³-hybridized carbons (Fsp3) is 0.412. The van der Waals surface area contributed by atoms with Gasteiger partial charge in [0, 0.05) is 5.39 Å². The van der Waals surface area contributed by atoms with Crippen molar-refractivity contribution in [1.82, 2.24) is 25.5 Å². The summed E-state index contributed by atoms with van der Waals surface area (Å²) in [5.74, 6) is 0.876. The highest BCUT2D eigenvalue weighted by Gasteiger charge is 2.21. The molecule has 0 aliphatic carbocycles. The van der Waals surface area contributed by atoms with E-state index in [9.17, 15) is 4.79 Å². The van der Waals surface area contributed by atoms with E-state index < -0.39 is 0 Å². The van der Waals surface area contributed by atoms with E-state index in [0.717, 1.165) is 16.7 Å². The van der Waals surface area contributed by atoms with Gasteiger partial charge in [-0.15, -0.1) is 5.10 Å². The maximum atomic E-state index is 12.2. The summed E-state index contributed by atoms with van der Waals surface area (Å²) in [5.41, 5.74) is 0.585. The van der Waals surface area contributed by atoms with E-state index in [2.05, 4.69) is 20.8 Å². The van der Waals surface area contributed by atoms with Crippen LogP contribution in [-0.2, 0) is 10.3 Å². The highest BCUT2D eigenvalue weighted by atomic mass is 32.2. The number of hydrogen-bond acceptors (Lipinski definition) is 6. The van der Waals surface area contributed by atoms with Crippen LogP contribution in [0, 0.1) is 0 Å². The van der Waals surface area contributed by atoms with Gasteiger partial charge in [0.05, 0.1) is 17.3 Å². The molecule has 0 fully saturated rings. The van der Waals surface area contributed by atoms with Crippen LogP contribution in [0.1, 0.15) is 39.5 Å². The Balaban J connectivity index is 1.60. The highest BCUT2D eigenvalue weighted by Crippen LogP contribution is 2.24. The van der Waals surface area contributed by atoms with Gasteiger partial charge in [-0.25, -0.2) is 4.68 Å². The van der Waals surface area contributed by atoms with E-state index in [-0.39, 0.29) is 23.2 Å². The summed E-state index contributed by atoms with van der Waals surface area (Å²) < 4.78 is 7.50. The molecule has 3 aromatic rings. The van der Waals surface area contributed by atoms with E-state index in [1.54, 1.807) is 4.68 Å². The van der Waals surface area contributed by atoms with Crippen molar-refractivity contribution in [3.05, 3.63) is 36.1 Å². The molecule has 3 rings (SSSR count). The van der Waals surface area contributed by atoms with Crippen molar-refractivity contribution in [3.63, 3.8) is 0 Å². The average molecular weight is 359 g/mol. The van der Waals surface area contributed by atoms with Crippen molar-refractivity contribution in [1.29, 1.82) is 0 Å². The Bertz CT molecular complexity index is 847. The number of thioether (sulfide) groups is 1. The molecule has 0 spiro atoms. The second-order valence-corrected chi connectivity index (χ2v) is 7.75. The van der Waals surface area contributed by atoms with Crippen molar-refractivity contribution in [2.24, 2.45) is 0 Å². The van der Waals surface area contributed by atoms with Crippen LogP contribution in [0.25, 0.3) is 11.0 Å². The molecular weight excluding hydrogens is 338 g/mol. The summed E-state index contributed by atoms with van der Waals surface area (Å²) >= 11 is 1.32. The van der Waals surface area contributed by atoms with Crippen molar-refractivity contribution in [3.8, 4) is 0 Å². The van der Waals surface area contributed by atoms with Crippen LogP contribution in [0.2, 0.25) is 0 Å². The smallest absolute Gasteiger partial charge is 0.231 e. The molecule has 1 atom stereocenters. The Morgan fingerprint density at radius 1 is 1.36 bits per heavy atom. The zero-order chi connectivity index (χ0) is 18.0. The summed E-state index contributed by atoms with van der Waals surface area (Å²) in [6.45, 7) is 7.94. The van der Waals surface area contributed by atoms with Crippen LogP contribution in [0.15, 0.2) is 39.9 Å². The van der Waals surface area contributed by atoms with Gasteiger partial charge >= 0.3 is 0 Å². The predicted molar refractivity (Wildman–Crippen MR) is 96.3 cm³/mol. The number of fused-ring (bicyclic) bond motifs is 1. The van der Waals surface area contributed by atoms with E-state index >= 15 is 0 Å². The van der Waals surface area contributed by atoms with E-state index in [0.29, 0.717) is 5.16 Å². The quantitative estimate of drug-likeness (QED) is 0.704. The molecular formula is C17H21N5O2S. The van der Waals surface area contributed by atoms with Crippen molar-refractivity contribution in [2.45, 2.75) is 44.4 Å². The Morgan fingerprint density at radius 3 is 2.84 bits per heavy atom. The first kappa shape index (κ1) is 17.5. The van der Waals surface area contributed by atoms with Crippen LogP contribution < -0.4 is 5.32 Å². The molecule has 0 bridgehead atoms. The third kappa shape index (κ3) is 4.01. The fourth-order valence-corrected chi connectivity index (χ4v) is 3.26. The Kier molecular flexibility index (Phi) is 4.80. The van der Waals surface area contributed by atoms with Gasteiger partial charge in [0.2, 0.25) is 11.1 Å². The van der Waals surface area contributed by atoms with Gasteiger partial charge in [0.15, 0.2) is 0 Å². The maximum absolute atomic E-state index is 12.2. The molecule has 0 radical (unpaired) electrons. The summed E-state index contributed by atoms with van der Waals surface area (Å²) in [4.78, 5) is 12.2. The molecule has 0 saturated carbocycles. The Morgan fingerprint density at radius 2 is 2.12 bits per heavy atom. The Hall–Kier alpha value is -2.35. The molecule has 7 nitrogen and oxygen atoms in total. The number of tetrazole rings is 1. The topological polar surface area (TPSA) is 85.8 Å². The molecule has 0 aliphatic heterocycles. The molecule has 8 heteroatoms. The minimum Gasteiger partial charge on any atom is -0.459 e. The van der Waals surface area contributed by atoms with Gasteiger partial charge in [-0.1, -0.05) is 30.0 Å². The van der Waals surface area contributed by atoms with Gasteiger partial charge < -0.3 is 9.73 Å². The number of furan rings is 1. The molecule has 2 aromatic heterocycles. The van der Waals surface area contributed by atoms with Crippen molar-refractivity contribution < 1.29 is 9.21 Å². The van der Waals surface area contributed by atoms with Crippen LogP contribution in [0.5, 0.6) is 0 Å². The van der Waals surface area contributed by atoms with Gasteiger partial charge in [-0.05, 0) is 50.3 Å². The number of para-hydroxylation sites is 1. The normalized spacial score (nSPS) is 13.1. The number of aromatic nitrogens is 4. The average Bonchev–Trinajstić information content (AvgIpc) is 3.19. The van der Waals surface area contributed by atoms with Gasteiger partial charge in [0.25, 0.3) is 0 Å². The SMILES string of the molecule is CC(NC(=O)CSc1nnnn1C(C)(C)C)c1cc2ccccc2o1. The van der Waals surface area contributed by atoms with Gasteiger partial charge in [-0.3, -0.25) is 4.79 Å². The second kappa shape index (κ2) is 6.87. The first-order valence-electron chi connectivity index (χ1n) is 8.04. The van der Waals surface area contributed by atoms with Crippen molar-refractivity contribution in [2.75, 3.05) is 5.75 Å². The third-order valence-corrected chi connectivity index (χ3v) is 4.58. The lowest BCUT2D eigenvalue weighted by molar-refractivity contribution is -0.119. The zero-order valence-corrected chi connectivity index (χ0v) is 15.5. The standard InChI is InChI=1S/C17H21N5O2S/c1-11(14-9-12-7-5-6-8-13(12)24-14)18-15(23)10-25-16-19-20-21-22(16)17(2,3)4/h5-9,11H,10H2,1-4H3,(H,18,23). The minimum absolute atomic E-state index is 0.0959. The maximum Gasteiger partial charge on any atom is 0.231 e. The number of carbonyl (C=O) groups is 1. The lowest BCUT2D eigenvalue weighted by Crippen LogP contribution is -2.29. The highest BCUT2D eigenvalue weighted by molar-refractivity contribution is 7.99. The fourth-order valence-electron chi connectivity index (χ4n) is 2.39. The molecule has 2 heterocycles.